The number of nitrogens with one attached hydrogen (secondary N) is 1. The van der Waals surface area contributed by atoms with Gasteiger partial charge in [-0.3, -0.25) is 9.48 Å². The molecule has 1 heterocycles. The Hall–Kier alpha value is -1.40. The molecule has 4 nitrogen and oxygen atoms in total. The van der Waals surface area contributed by atoms with E-state index in [1.807, 2.05) is 0 Å². The van der Waals surface area contributed by atoms with Crippen LogP contribution in [0.15, 0.2) is 28.9 Å². The number of nitrogens with zero attached hydrogens (tertiary/aromatic N) is 2. The topological polar surface area (TPSA) is 46.9 Å². The zero-order chi connectivity index (χ0) is 14.0. The van der Waals surface area contributed by atoms with E-state index in [9.17, 15) is 9.18 Å². The van der Waals surface area contributed by atoms with E-state index < -0.39 is 5.82 Å². The second kappa shape index (κ2) is 5.71. The van der Waals surface area contributed by atoms with Gasteiger partial charge in [0.15, 0.2) is 5.82 Å². The van der Waals surface area contributed by atoms with Gasteiger partial charge in [0.05, 0.1) is 6.42 Å². The third-order valence-electron chi connectivity index (χ3n) is 2.49. The number of aryl methyl sites for hydroxylation is 1. The average molecular weight is 347 g/mol. The van der Waals surface area contributed by atoms with Crippen molar-refractivity contribution in [1.29, 1.82) is 0 Å². The van der Waals surface area contributed by atoms with Gasteiger partial charge in [0.25, 0.3) is 0 Å². The number of benzene rings is 1. The van der Waals surface area contributed by atoms with Crippen molar-refractivity contribution in [2.24, 2.45) is 7.05 Å². The van der Waals surface area contributed by atoms with Gasteiger partial charge in [-0.25, -0.2) is 4.39 Å². The van der Waals surface area contributed by atoms with E-state index in [1.165, 1.54) is 12.1 Å². The molecule has 1 aromatic heterocycles. The van der Waals surface area contributed by atoms with Gasteiger partial charge < -0.3 is 5.32 Å². The van der Waals surface area contributed by atoms with Gasteiger partial charge in [-0.15, -0.1) is 0 Å². The summed E-state index contributed by atoms with van der Waals surface area (Å²) >= 11 is 9.12. The van der Waals surface area contributed by atoms with E-state index >= 15 is 0 Å². The second-order valence-electron chi connectivity index (χ2n) is 3.90. The Kier molecular flexibility index (Phi) is 4.21. The van der Waals surface area contributed by atoms with Gasteiger partial charge in [-0.1, -0.05) is 17.7 Å². The molecule has 0 saturated carbocycles. The van der Waals surface area contributed by atoms with Gasteiger partial charge in [-0.05, 0) is 28.1 Å². The third-order valence-corrected chi connectivity index (χ3v) is 3.59. The zero-order valence-corrected chi connectivity index (χ0v) is 12.3. The van der Waals surface area contributed by atoms with Crippen LogP contribution in [0.5, 0.6) is 0 Å². The first kappa shape index (κ1) is 14.0. The number of hydrogen-bond donors (Lipinski definition) is 1. The Balaban J connectivity index is 2.09. The number of carbonyl (C=O) groups excluding carboxylic acids is 1. The van der Waals surface area contributed by atoms with Crippen LogP contribution in [0.2, 0.25) is 5.02 Å². The molecule has 0 atom stereocenters. The molecule has 2 aromatic rings. The highest BCUT2D eigenvalue weighted by Crippen LogP contribution is 2.20. The summed E-state index contributed by atoms with van der Waals surface area (Å²) in [4.78, 5) is 11.8. The molecule has 0 aliphatic carbocycles. The number of amides is 1. The predicted molar refractivity (Wildman–Crippen MR) is 74.7 cm³/mol. The van der Waals surface area contributed by atoms with Crippen molar-refractivity contribution < 1.29 is 9.18 Å². The molecular weight excluding hydrogens is 337 g/mol. The molecule has 0 bridgehead atoms. The van der Waals surface area contributed by atoms with Crippen LogP contribution in [0.4, 0.5) is 10.2 Å². The molecule has 0 radical (unpaired) electrons. The highest BCUT2D eigenvalue weighted by molar-refractivity contribution is 9.10. The van der Waals surface area contributed by atoms with Crippen LogP contribution in [0.3, 0.4) is 0 Å². The van der Waals surface area contributed by atoms with Crippen LogP contribution < -0.4 is 5.32 Å². The maximum Gasteiger partial charge on any atom is 0.230 e. The van der Waals surface area contributed by atoms with E-state index in [0.717, 1.165) is 4.60 Å². The normalized spacial score (nSPS) is 10.5. The van der Waals surface area contributed by atoms with Crippen LogP contribution in [0.25, 0.3) is 0 Å². The molecule has 100 valence electrons. The van der Waals surface area contributed by atoms with Crippen LogP contribution in [-0.2, 0) is 18.3 Å². The number of anilines is 1. The maximum absolute atomic E-state index is 13.5. The summed E-state index contributed by atoms with van der Waals surface area (Å²) in [7, 11) is 1.73. The number of carbonyl (C=O) groups is 1. The molecule has 1 amide bonds. The number of hydrogen-bond acceptors (Lipinski definition) is 2. The van der Waals surface area contributed by atoms with Crippen molar-refractivity contribution in [1.82, 2.24) is 9.78 Å². The molecule has 0 spiro atoms. The Morgan fingerprint density at radius 2 is 2.32 bits per heavy atom. The van der Waals surface area contributed by atoms with Crippen molar-refractivity contribution in [3.05, 3.63) is 45.3 Å². The lowest BCUT2D eigenvalue weighted by molar-refractivity contribution is -0.115. The smallest absolute Gasteiger partial charge is 0.230 e. The van der Waals surface area contributed by atoms with Crippen LogP contribution in [-0.4, -0.2) is 15.7 Å². The summed E-state index contributed by atoms with van der Waals surface area (Å²) < 4.78 is 15.8. The quantitative estimate of drug-likeness (QED) is 0.928. The first-order valence-electron chi connectivity index (χ1n) is 5.39. The molecule has 0 aliphatic rings. The molecule has 1 aromatic carbocycles. The molecule has 0 aliphatic heterocycles. The van der Waals surface area contributed by atoms with Crippen molar-refractivity contribution in [2.45, 2.75) is 6.42 Å². The van der Waals surface area contributed by atoms with Crippen molar-refractivity contribution in [2.75, 3.05) is 5.32 Å². The fourth-order valence-corrected chi connectivity index (χ4v) is 2.08. The minimum absolute atomic E-state index is 0.139. The Labute approximate surface area is 122 Å². The summed E-state index contributed by atoms with van der Waals surface area (Å²) in [5.41, 5.74) is 0.177. The van der Waals surface area contributed by atoms with Crippen LogP contribution >= 0.6 is 27.5 Å². The Morgan fingerprint density at radius 1 is 1.58 bits per heavy atom. The molecule has 7 heteroatoms. The van der Waals surface area contributed by atoms with E-state index in [-0.39, 0.29) is 22.9 Å². The summed E-state index contributed by atoms with van der Waals surface area (Å²) in [5.74, 6) is -0.478. The van der Waals surface area contributed by atoms with Crippen LogP contribution in [0, 0.1) is 5.82 Å². The minimum Gasteiger partial charge on any atom is -0.309 e. The number of aromatic nitrogens is 2. The van der Waals surface area contributed by atoms with Crippen molar-refractivity contribution in [3.63, 3.8) is 0 Å². The Bertz CT molecular complexity index is 590. The fraction of sp³-hybridized carbons (Fsp3) is 0.167. The second-order valence-corrected chi connectivity index (χ2v) is 5.12. The summed E-state index contributed by atoms with van der Waals surface area (Å²) in [6, 6.07) is 5.96. The minimum atomic E-state index is -0.496. The first-order chi connectivity index (χ1) is 8.97. The van der Waals surface area contributed by atoms with E-state index in [0.29, 0.717) is 5.82 Å². The van der Waals surface area contributed by atoms with E-state index in [2.05, 4.69) is 26.3 Å². The lowest BCUT2D eigenvalue weighted by Gasteiger charge is -2.05. The van der Waals surface area contributed by atoms with Crippen LogP contribution in [0.1, 0.15) is 5.56 Å². The maximum atomic E-state index is 13.5. The van der Waals surface area contributed by atoms with Gasteiger partial charge in [0, 0.05) is 23.7 Å². The lowest BCUT2D eigenvalue weighted by Crippen LogP contribution is -2.16. The zero-order valence-electron chi connectivity index (χ0n) is 9.95. The molecule has 1 N–H and O–H groups in total. The van der Waals surface area contributed by atoms with Gasteiger partial charge in [0.2, 0.25) is 5.91 Å². The number of rotatable bonds is 3. The van der Waals surface area contributed by atoms with Gasteiger partial charge in [-0.2, -0.15) is 5.10 Å². The summed E-state index contributed by atoms with van der Waals surface area (Å²) in [5, 5.41) is 6.86. The highest BCUT2D eigenvalue weighted by Gasteiger charge is 2.13. The molecule has 19 heavy (non-hydrogen) atoms. The first-order valence-corrected chi connectivity index (χ1v) is 6.56. The number of halogens is 3. The molecular formula is C12H10BrClFN3O. The standard InChI is InChI=1S/C12H10BrClFN3O/c1-18-10(13)6-11(17-18)16-12(19)5-7-8(14)3-2-4-9(7)15/h2-4,6H,5H2,1H3,(H,16,17,19). The lowest BCUT2D eigenvalue weighted by atomic mass is 10.1. The predicted octanol–water partition coefficient (Wildman–Crippen LogP) is 3.16. The fourth-order valence-electron chi connectivity index (χ4n) is 1.55. The van der Waals surface area contributed by atoms with Gasteiger partial charge >= 0.3 is 0 Å². The monoisotopic (exact) mass is 345 g/mol. The molecule has 0 unspecified atom stereocenters. The van der Waals surface area contributed by atoms with E-state index in [4.69, 9.17) is 11.6 Å². The molecule has 0 saturated heterocycles. The SMILES string of the molecule is Cn1nc(NC(=O)Cc2c(F)cccc2Cl)cc1Br. The Morgan fingerprint density at radius 3 is 2.89 bits per heavy atom. The van der Waals surface area contributed by atoms with E-state index in [1.54, 1.807) is 23.9 Å². The average Bonchev–Trinajstić information content (AvgIpc) is 2.63. The highest BCUT2D eigenvalue weighted by atomic mass is 79.9. The molecule has 0 fully saturated rings. The summed E-state index contributed by atoms with van der Waals surface area (Å²) in [6.07, 6.45) is -0.139. The van der Waals surface area contributed by atoms with Crippen molar-refractivity contribution in [3.8, 4) is 0 Å². The van der Waals surface area contributed by atoms with Crippen molar-refractivity contribution >= 4 is 39.3 Å². The summed E-state index contributed by atoms with van der Waals surface area (Å²) in [6.45, 7) is 0. The van der Waals surface area contributed by atoms with Gasteiger partial charge in [0.1, 0.15) is 10.4 Å². The molecule has 2 rings (SSSR count). The third kappa shape index (κ3) is 3.33. The largest absolute Gasteiger partial charge is 0.309 e.